The van der Waals surface area contributed by atoms with Gasteiger partial charge in [-0.1, -0.05) is 48.5 Å². The minimum absolute atomic E-state index is 0.467. The van der Waals surface area contributed by atoms with E-state index < -0.39 is 0 Å². The second kappa shape index (κ2) is 4.34. The van der Waals surface area contributed by atoms with Crippen LogP contribution in [0, 0.1) is 0 Å². The lowest BCUT2D eigenvalue weighted by atomic mass is 9.92. The predicted octanol–water partition coefficient (Wildman–Crippen LogP) is 2.88. The molecular weight excluding hydrogens is 206 g/mol. The van der Waals surface area contributed by atoms with Gasteiger partial charge in [0.05, 0.1) is 0 Å². The SMILES string of the molecule is NCC1Cc2ccccc2Cc2ccccc21. The van der Waals surface area contributed by atoms with Crippen LogP contribution >= 0.6 is 0 Å². The van der Waals surface area contributed by atoms with Crippen molar-refractivity contribution >= 4 is 0 Å². The van der Waals surface area contributed by atoms with Crippen LogP contribution < -0.4 is 5.73 Å². The smallest absolute Gasteiger partial charge is 0.000452 e. The van der Waals surface area contributed by atoms with E-state index in [-0.39, 0.29) is 0 Å². The Morgan fingerprint density at radius 1 is 0.882 bits per heavy atom. The van der Waals surface area contributed by atoms with E-state index in [2.05, 4.69) is 48.5 Å². The molecule has 1 unspecified atom stereocenters. The second-order valence-electron chi connectivity index (χ2n) is 4.78. The van der Waals surface area contributed by atoms with Crippen LogP contribution in [0.2, 0.25) is 0 Å². The van der Waals surface area contributed by atoms with Crippen molar-refractivity contribution in [3.05, 3.63) is 70.8 Å². The summed E-state index contributed by atoms with van der Waals surface area (Å²) in [6, 6.07) is 17.5. The summed E-state index contributed by atoms with van der Waals surface area (Å²) in [5.41, 5.74) is 11.7. The van der Waals surface area contributed by atoms with Gasteiger partial charge in [0, 0.05) is 5.92 Å². The Hall–Kier alpha value is -1.60. The van der Waals surface area contributed by atoms with E-state index in [4.69, 9.17) is 5.73 Å². The number of nitrogens with two attached hydrogens (primary N) is 1. The Morgan fingerprint density at radius 3 is 2.29 bits per heavy atom. The molecule has 0 saturated carbocycles. The van der Waals surface area contributed by atoms with Crippen molar-refractivity contribution in [2.75, 3.05) is 6.54 Å². The van der Waals surface area contributed by atoms with Gasteiger partial charge in [-0.15, -0.1) is 0 Å². The van der Waals surface area contributed by atoms with Crippen molar-refractivity contribution in [2.24, 2.45) is 5.73 Å². The van der Waals surface area contributed by atoms with Gasteiger partial charge in [0.25, 0.3) is 0 Å². The van der Waals surface area contributed by atoms with E-state index in [0.717, 1.165) is 19.4 Å². The van der Waals surface area contributed by atoms with Crippen molar-refractivity contribution in [1.29, 1.82) is 0 Å². The van der Waals surface area contributed by atoms with E-state index >= 15 is 0 Å². The molecule has 0 saturated heterocycles. The first-order valence-corrected chi connectivity index (χ1v) is 6.23. The highest BCUT2D eigenvalue weighted by Gasteiger charge is 2.19. The van der Waals surface area contributed by atoms with Crippen molar-refractivity contribution in [2.45, 2.75) is 18.8 Å². The van der Waals surface area contributed by atoms with Gasteiger partial charge >= 0.3 is 0 Å². The van der Waals surface area contributed by atoms with Crippen molar-refractivity contribution in [3.63, 3.8) is 0 Å². The molecule has 0 aliphatic heterocycles. The summed E-state index contributed by atoms with van der Waals surface area (Å²) in [4.78, 5) is 0. The average Bonchev–Trinajstić information content (AvgIpc) is 2.54. The number of fused-ring (bicyclic) bond motifs is 2. The lowest BCUT2D eigenvalue weighted by molar-refractivity contribution is 0.696. The van der Waals surface area contributed by atoms with E-state index in [1.807, 2.05) is 0 Å². The molecule has 1 atom stereocenters. The Labute approximate surface area is 102 Å². The zero-order chi connectivity index (χ0) is 11.7. The standard InChI is InChI=1S/C16H17N/c17-11-15-10-13-6-2-1-5-12(13)9-14-7-3-4-8-16(14)15/h1-8,15H,9-11,17H2. The number of benzene rings is 2. The van der Waals surface area contributed by atoms with Gasteiger partial charge in [0.2, 0.25) is 0 Å². The molecule has 0 spiro atoms. The highest BCUT2D eigenvalue weighted by atomic mass is 14.5. The molecule has 2 aromatic rings. The highest BCUT2D eigenvalue weighted by Crippen LogP contribution is 2.31. The Morgan fingerprint density at radius 2 is 1.53 bits per heavy atom. The fourth-order valence-corrected chi connectivity index (χ4v) is 2.81. The molecule has 1 heteroatoms. The Balaban J connectivity index is 2.13. The largest absolute Gasteiger partial charge is 0.330 e. The topological polar surface area (TPSA) is 26.0 Å². The van der Waals surface area contributed by atoms with Crippen molar-refractivity contribution in [3.8, 4) is 0 Å². The molecule has 0 heterocycles. The third-order valence-corrected chi connectivity index (χ3v) is 3.75. The highest BCUT2D eigenvalue weighted by molar-refractivity contribution is 5.42. The van der Waals surface area contributed by atoms with Crippen LogP contribution in [0.1, 0.15) is 28.2 Å². The molecule has 0 amide bonds. The van der Waals surface area contributed by atoms with Crippen molar-refractivity contribution in [1.82, 2.24) is 0 Å². The predicted molar refractivity (Wildman–Crippen MR) is 71.2 cm³/mol. The number of rotatable bonds is 1. The molecule has 1 nitrogen and oxygen atoms in total. The van der Waals surface area contributed by atoms with Gasteiger partial charge in [-0.05, 0) is 41.6 Å². The normalized spacial score (nSPS) is 18.1. The third-order valence-electron chi connectivity index (χ3n) is 3.75. The second-order valence-corrected chi connectivity index (χ2v) is 4.78. The summed E-state index contributed by atoms with van der Waals surface area (Å²) in [5.74, 6) is 0.467. The van der Waals surface area contributed by atoms with Crippen LogP contribution in [0.5, 0.6) is 0 Å². The zero-order valence-corrected chi connectivity index (χ0v) is 9.89. The van der Waals surface area contributed by atoms with E-state index in [9.17, 15) is 0 Å². The molecule has 2 N–H and O–H groups in total. The summed E-state index contributed by atoms with van der Waals surface area (Å²) in [5, 5.41) is 0. The van der Waals surface area contributed by atoms with Gasteiger partial charge in [0.1, 0.15) is 0 Å². The lowest BCUT2D eigenvalue weighted by Crippen LogP contribution is -2.15. The minimum atomic E-state index is 0.467. The zero-order valence-electron chi connectivity index (χ0n) is 9.89. The quantitative estimate of drug-likeness (QED) is 0.790. The Bertz CT molecular complexity index is 531. The van der Waals surface area contributed by atoms with Crippen LogP contribution in [-0.4, -0.2) is 6.54 Å². The van der Waals surface area contributed by atoms with Crippen LogP contribution in [0.25, 0.3) is 0 Å². The van der Waals surface area contributed by atoms with Gasteiger partial charge in [-0.3, -0.25) is 0 Å². The van der Waals surface area contributed by atoms with Crippen molar-refractivity contribution < 1.29 is 0 Å². The van der Waals surface area contributed by atoms with Gasteiger partial charge in [0.15, 0.2) is 0 Å². The lowest BCUT2D eigenvalue weighted by Gasteiger charge is -2.15. The third kappa shape index (κ3) is 1.87. The van der Waals surface area contributed by atoms with Crippen LogP contribution in [0.15, 0.2) is 48.5 Å². The van der Waals surface area contributed by atoms with Gasteiger partial charge in [-0.25, -0.2) is 0 Å². The summed E-state index contributed by atoms with van der Waals surface area (Å²) in [6.07, 6.45) is 2.12. The monoisotopic (exact) mass is 223 g/mol. The number of hydrogen-bond acceptors (Lipinski definition) is 1. The number of hydrogen-bond donors (Lipinski definition) is 1. The summed E-state index contributed by atoms with van der Waals surface area (Å²) < 4.78 is 0. The molecule has 0 bridgehead atoms. The molecule has 0 aromatic heterocycles. The van der Waals surface area contributed by atoms with Gasteiger partial charge < -0.3 is 5.73 Å². The van der Waals surface area contributed by atoms with E-state index in [0.29, 0.717) is 5.92 Å². The van der Waals surface area contributed by atoms with Crippen LogP contribution in [0.3, 0.4) is 0 Å². The summed E-state index contributed by atoms with van der Waals surface area (Å²) >= 11 is 0. The molecule has 86 valence electrons. The van der Waals surface area contributed by atoms with Crippen LogP contribution in [-0.2, 0) is 12.8 Å². The molecule has 1 aliphatic rings. The molecule has 3 rings (SSSR count). The van der Waals surface area contributed by atoms with Crippen LogP contribution in [0.4, 0.5) is 0 Å². The maximum atomic E-state index is 5.94. The molecule has 1 aliphatic carbocycles. The summed E-state index contributed by atoms with van der Waals surface area (Å²) in [7, 11) is 0. The fraction of sp³-hybridized carbons (Fsp3) is 0.250. The first-order valence-electron chi connectivity index (χ1n) is 6.23. The van der Waals surface area contributed by atoms with E-state index in [1.165, 1.54) is 22.3 Å². The fourth-order valence-electron chi connectivity index (χ4n) is 2.81. The van der Waals surface area contributed by atoms with Gasteiger partial charge in [-0.2, -0.15) is 0 Å². The molecule has 2 aromatic carbocycles. The minimum Gasteiger partial charge on any atom is -0.330 e. The van der Waals surface area contributed by atoms with E-state index in [1.54, 1.807) is 0 Å². The Kier molecular flexibility index (Phi) is 2.69. The maximum Gasteiger partial charge on any atom is 0.000452 e. The molecule has 0 fully saturated rings. The maximum absolute atomic E-state index is 5.94. The first-order chi connectivity index (χ1) is 8.38. The summed E-state index contributed by atoms with van der Waals surface area (Å²) in [6.45, 7) is 0.728. The average molecular weight is 223 g/mol. The molecule has 0 radical (unpaired) electrons. The molecular formula is C16H17N. The first kappa shape index (κ1) is 10.5. The molecule has 17 heavy (non-hydrogen) atoms.